The molecule has 2 aliphatic rings. The number of carbonyl (C=O) groups excluding carboxylic acids is 1. The Balaban J connectivity index is 1.30. The molecule has 1 N–H and O–H groups in total. The van der Waals surface area contributed by atoms with Crippen LogP contribution in [0.5, 0.6) is 0 Å². The number of rotatable bonds is 6. The molecule has 4 rings (SSSR count). The van der Waals surface area contributed by atoms with E-state index in [4.69, 9.17) is 4.74 Å². The number of nitrogens with zero attached hydrogens (tertiary/aromatic N) is 2. The summed E-state index contributed by atoms with van der Waals surface area (Å²) in [6.07, 6.45) is 1.01. The minimum absolute atomic E-state index is 0.0865. The Morgan fingerprint density at radius 3 is 2.40 bits per heavy atom. The summed E-state index contributed by atoms with van der Waals surface area (Å²) in [5.41, 5.74) is 4.35. The highest BCUT2D eigenvalue weighted by Crippen LogP contribution is 2.24. The Labute approximate surface area is 177 Å². The minimum Gasteiger partial charge on any atom is -0.379 e. The normalized spacial score (nSPS) is 17.4. The van der Waals surface area contributed by atoms with Crippen molar-refractivity contribution in [1.29, 1.82) is 0 Å². The predicted octanol–water partition coefficient (Wildman–Crippen LogP) is 1.64. The lowest BCUT2D eigenvalue weighted by atomic mass is 9.99. The Bertz CT molecular complexity index is 986. The van der Waals surface area contributed by atoms with Gasteiger partial charge in [0.05, 0.1) is 19.0 Å². The van der Waals surface area contributed by atoms with Crippen LogP contribution >= 0.6 is 0 Å². The molecule has 0 atom stereocenters. The zero-order chi connectivity index (χ0) is 21.0. The highest BCUT2D eigenvalue weighted by Gasteiger charge is 2.24. The molecule has 0 radical (unpaired) electrons. The van der Waals surface area contributed by atoms with Crippen molar-refractivity contribution in [3.05, 3.63) is 65.2 Å². The fraction of sp³-hybridized carbons (Fsp3) is 0.409. The van der Waals surface area contributed by atoms with Gasteiger partial charge in [0.1, 0.15) is 0 Å². The number of carbonyl (C=O) groups is 1. The highest BCUT2D eigenvalue weighted by atomic mass is 32.2. The monoisotopic (exact) mass is 429 g/mol. The highest BCUT2D eigenvalue weighted by molar-refractivity contribution is 7.89. The predicted molar refractivity (Wildman–Crippen MR) is 116 cm³/mol. The van der Waals surface area contributed by atoms with Crippen molar-refractivity contribution in [2.24, 2.45) is 0 Å². The number of benzene rings is 2. The third kappa shape index (κ3) is 4.83. The molecule has 2 aliphatic heterocycles. The van der Waals surface area contributed by atoms with Gasteiger partial charge in [-0.15, -0.1) is 0 Å². The Morgan fingerprint density at radius 1 is 0.967 bits per heavy atom. The van der Waals surface area contributed by atoms with Gasteiger partial charge in [-0.3, -0.25) is 4.79 Å². The number of sulfonamides is 1. The van der Waals surface area contributed by atoms with Crippen molar-refractivity contribution in [2.45, 2.75) is 13.0 Å². The van der Waals surface area contributed by atoms with Crippen LogP contribution in [0.4, 0.5) is 5.69 Å². The van der Waals surface area contributed by atoms with E-state index in [2.05, 4.69) is 34.5 Å². The summed E-state index contributed by atoms with van der Waals surface area (Å²) in [6, 6.07) is 16.0. The molecule has 0 aliphatic carbocycles. The van der Waals surface area contributed by atoms with Crippen LogP contribution in [0, 0.1) is 0 Å². The van der Waals surface area contributed by atoms with E-state index in [1.54, 1.807) is 12.1 Å². The molecule has 2 aromatic rings. The van der Waals surface area contributed by atoms with Gasteiger partial charge in [0.2, 0.25) is 10.0 Å². The van der Waals surface area contributed by atoms with Crippen molar-refractivity contribution in [2.75, 3.05) is 50.0 Å². The average Bonchev–Trinajstić information content (AvgIpc) is 2.79. The summed E-state index contributed by atoms with van der Waals surface area (Å²) in [5.74, 6) is -0.369. The maximum absolute atomic E-state index is 12.4. The standard InChI is InChI=1S/C22H27N3O4S/c26-22(23-10-16-30(27,28)25-12-14-29-15-13-25)19-5-7-21(8-6-19)24-11-9-18-3-1-2-4-20(18)17-24/h1-8H,9-17H2,(H,23,26). The molecule has 8 heteroatoms. The lowest BCUT2D eigenvalue weighted by molar-refractivity contribution is 0.0730. The van der Waals surface area contributed by atoms with E-state index in [9.17, 15) is 13.2 Å². The summed E-state index contributed by atoms with van der Waals surface area (Å²) < 4.78 is 31.3. The molecule has 30 heavy (non-hydrogen) atoms. The van der Waals surface area contributed by atoms with Gasteiger partial charge < -0.3 is 15.0 Å². The van der Waals surface area contributed by atoms with Crippen LogP contribution in [0.1, 0.15) is 21.5 Å². The molecule has 7 nitrogen and oxygen atoms in total. The molecule has 0 bridgehead atoms. The fourth-order valence-corrected chi connectivity index (χ4v) is 5.21. The minimum atomic E-state index is -3.37. The van der Waals surface area contributed by atoms with Gasteiger partial charge >= 0.3 is 0 Å². The van der Waals surface area contributed by atoms with Gasteiger partial charge in [-0.25, -0.2) is 8.42 Å². The van der Waals surface area contributed by atoms with E-state index in [-0.39, 0.29) is 18.2 Å². The molecule has 0 saturated carbocycles. The van der Waals surface area contributed by atoms with Crippen LogP contribution in [0.3, 0.4) is 0 Å². The van der Waals surface area contributed by atoms with Gasteiger partial charge in [-0.05, 0) is 41.8 Å². The first-order chi connectivity index (χ1) is 14.5. The Morgan fingerprint density at radius 2 is 1.67 bits per heavy atom. The van der Waals surface area contributed by atoms with E-state index in [0.717, 1.165) is 25.2 Å². The number of morpholine rings is 1. The van der Waals surface area contributed by atoms with Crippen molar-refractivity contribution >= 4 is 21.6 Å². The number of hydrogen-bond acceptors (Lipinski definition) is 5. The second-order valence-electron chi connectivity index (χ2n) is 7.57. The maximum Gasteiger partial charge on any atom is 0.251 e. The summed E-state index contributed by atoms with van der Waals surface area (Å²) in [5, 5.41) is 2.72. The smallest absolute Gasteiger partial charge is 0.251 e. The second-order valence-corrected chi connectivity index (χ2v) is 9.66. The van der Waals surface area contributed by atoms with E-state index in [1.807, 2.05) is 12.1 Å². The maximum atomic E-state index is 12.4. The Kier molecular flexibility index (Phi) is 6.36. The first kappa shape index (κ1) is 20.8. The quantitative estimate of drug-likeness (QED) is 0.755. The third-order valence-corrected chi connectivity index (χ3v) is 7.51. The number of nitrogens with one attached hydrogen (secondary N) is 1. The van der Waals surface area contributed by atoms with Gasteiger partial charge in [-0.1, -0.05) is 24.3 Å². The van der Waals surface area contributed by atoms with Crippen LogP contribution in [0.15, 0.2) is 48.5 Å². The summed E-state index contributed by atoms with van der Waals surface area (Å²) in [6.45, 7) is 3.48. The topological polar surface area (TPSA) is 79.0 Å². The molecular weight excluding hydrogens is 402 g/mol. The van der Waals surface area contributed by atoms with Crippen LogP contribution in [-0.4, -0.2) is 63.8 Å². The van der Waals surface area contributed by atoms with Crippen molar-refractivity contribution in [1.82, 2.24) is 9.62 Å². The molecule has 1 fully saturated rings. The molecule has 0 spiro atoms. The van der Waals surface area contributed by atoms with E-state index < -0.39 is 10.0 Å². The second kappa shape index (κ2) is 9.16. The van der Waals surface area contributed by atoms with Crippen LogP contribution in [0.2, 0.25) is 0 Å². The molecule has 2 aromatic carbocycles. The lowest BCUT2D eigenvalue weighted by Gasteiger charge is -2.30. The van der Waals surface area contributed by atoms with E-state index in [1.165, 1.54) is 15.4 Å². The molecule has 2 heterocycles. The summed E-state index contributed by atoms with van der Waals surface area (Å²) in [4.78, 5) is 14.7. The van der Waals surface area contributed by atoms with Crippen molar-refractivity contribution in [3.63, 3.8) is 0 Å². The number of ether oxygens (including phenoxy) is 1. The first-order valence-corrected chi connectivity index (χ1v) is 11.9. The van der Waals surface area contributed by atoms with Crippen LogP contribution < -0.4 is 10.2 Å². The van der Waals surface area contributed by atoms with Gasteiger partial charge in [0, 0.05) is 44.0 Å². The van der Waals surface area contributed by atoms with Gasteiger partial charge in [0.15, 0.2) is 0 Å². The number of anilines is 1. The van der Waals surface area contributed by atoms with E-state index in [0.29, 0.717) is 31.9 Å². The fourth-order valence-electron chi connectivity index (χ4n) is 3.89. The molecule has 0 unspecified atom stereocenters. The SMILES string of the molecule is O=C(NCCS(=O)(=O)N1CCOCC1)c1ccc(N2CCc3ccccc3C2)cc1. The molecule has 1 saturated heterocycles. The molecule has 1 amide bonds. The molecule has 0 aromatic heterocycles. The Hall–Kier alpha value is -2.42. The average molecular weight is 430 g/mol. The van der Waals surface area contributed by atoms with E-state index >= 15 is 0 Å². The summed E-state index contributed by atoms with van der Waals surface area (Å²) >= 11 is 0. The lowest BCUT2D eigenvalue weighted by Crippen LogP contribution is -2.43. The molecule has 160 valence electrons. The number of fused-ring (bicyclic) bond motifs is 1. The summed E-state index contributed by atoms with van der Waals surface area (Å²) in [7, 11) is -3.37. The van der Waals surface area contributed by atoms with Crippen molar-refractivity contribution in [3.8, 4) is 0 Å². The van der Waals surface area contributed by atoms with Crippen molar-refractivity contribution < 1.29 is 17.9 Å². The van der Waals surface area contributed by atoms with Crippen LogP contribution in [-0.2, 0) is 27.7 Å². The number of hydrogen-bond donors (Lipinski definition) is 1. The zero-order valence-corrected chi connectivity index (χ0v) is 17.7. The zero-order valence-electron chi connectivity index (χ0n) is 16.9. The van der Waals surface area contributed by atoms with Gasteiger partial charge in [0.25, 0.3) is 5.91 Å². The van der Waals surface area contributed by atoms with Gasteiger partial charge in [-0.2, -0.15) is 4.31 Å². The third-order valence-electron chi connectivity index (χ3n) is 5.63. The largest absolute Gasteiger partial charge is 0.379 e. The van der Waals surface area contributed by atoms with Crippen LogP contribution in [0.25, 0.3) is 0 Å². The molecular formula is C22H27N3O4S. The first-order valence-electron chi connectivity index (χ1n) is 10.3. The number of amides is 1.